The molecular weight excluding hydrogens is 345 g/mol. The van der Waals surface area contributed by atoms with Crippen LogP contribution in [0.1, 0.15) is 30.9 Å². The molecule has 1 saturated heterocycles. The Hall–Kier alpha value is -2.69. The van der Waals surface area contributed by atoms with Gasteiger partial charge in [-0.05, 0) is 37.0 Å². The predicted molar refractivity (Wildman–Crippen MR) is 101 cm³/mol. The van der Waals surface area contributed by atoms with Gasteiger partial charge < -0.3 is 9.64 Å². The third kappa shape index (κ3) is 4.94. The third-order valence-corrected chi connectivity index (χ3v) is 5.09. The number of benzene rings is 2. The molecule has 142 valence electrons. The lowest BCUT2D eigenvalue weighted by molar-refractivity contribution is -0.124. The molecule has 0 spiro atoms. The Kier molecular flexibility index (Phi) is 6.22. The van der Waals surface area contributed by atoms with Gasteiger partial charge in [0, 0.05) is 24.9 Å². The van der Waals surface area contributed by atoms with Crippen LogP contribution in [0.15, 0.2) is 54.6 Å². The summed E-state index contributed by atoms with van der Waals surface area (Å²) in [6, 6.07) is 15.8. The van der Waals surface area contributed by atoms with Gasteiger partial charge >= 0.3 is 6.09 Å². The first kappa shape index (κ1) is 19.1. The van der Waals surface area contributed by atoms with Crippen molar-refractivity contribution >= 4 is 11.9 Å². The minimum Gasteiger partial charge on any atom is -0.445 e. The van der Waals surface area contributed by atoms with Gasteiger partial charge in [0.1, 0.15) is 18.2 Å². The van der Waals surface area contributed by atoms with Crippen molar-refractivity contribution in [1.29, 1.82) is 0 Å². The lowest BCUT2D eigenvalue weighted by Gasteiger charge is -2.36. The third-order valence-electron chi connectivity index (χ3n) is 5.09. The van der Waals surface area contributed by atoms with E-state index in [0.717, 1.165) is 5.56 Å². The number of ether oxygens (including phenoxy) is 1. The summed E-state index contributed by atoms with van der Waals surface area (Å²) in [6.45, 7) is 2.63. The highest BCUT2D eigenvalue weighted by molar-refractivity contribution is 5.83. The van der Waals surface area contributed by atoms with Crippen LogP contribution in [0.4, 0.5) is 9.18 Å². The Morgan fingerprint density at radius 1 is 1.11 bits per heavy atom. The topological polar surface area (TPSA) is 46.6 Å². The molecule has 1 aliphatic rings. The number of hydrogen-bond donors (Lipinski definition) is 0. The first-order valence-corrected chi connectivity index (χ1v) is 9.28. The van der Waals surface area contributed by atoms with Crippen molar-refractivity contribution in [2.24, 2.45) is 5.92 Å². The maximum Gasteiger partial charge on any atom is 0.410 e. The lowest BCUT2D eigenvalue weighted by Crippen LogP contribution is -2.46. The molecule has 1 amide bonds. The number of rotatable bonds is 5. The number of nitrogens with zero attached hydrogens (tertiary/aromatic N) is 1. The van der Waals surface area contributed by atoms with Gasteiger partial charge in [-0.2, -0.15) is 0 Å². The normalized spacial score (nSPS) is 19.6. The van der Waals surface area contributed by atoms with Gasteiger partial charge in [0.15, 0.2) is 0 Å². The highest BCUT2D eigenvalue weighted by Crippen LogP contribution is 2.26. The first-order chi connectivity index (χ1) is 13.0. The van der Waals surface area contributed by atoms with E-state index < -0.39 is 0 Å². The molecule has 0 bridgehead atoms. The van der Waals surface area contributed by atoms with Gasteiger partial charge in [0.25, 0.3) is 0 Å². The molecule has 4 nitrogen and oxygen atoms in total. The smallest absolute Gasteiger partial charge is 0.410 e. The number of amides is 1. The van der Waals surface area contributed by atoms with E-state index >= 15 is 0 Å². The van der Waals surface area contributed by atoms with Gasteiger partial charge in [-0.1, -0.05) is 48.5 Å². The highest BCUT2D eigenvalue weighted by Gasteiger charge is 2.33. The zero-order valence-corrected chi connectivity index (χ0v) is 15.4. The van der Waals surface area contributed by atoms with Crippen LogP contribution in [0.2, 0.25) is 0 Å². The Labute approximate surface area is 158 Å². The van der Waals surface area contributed by atoms with Gasteiger partial charge in [-0.15, -0.1) is 0 Å². The van der Waals surface area contributed by atoms with E-state index in [1.54, 1.807) is 23.1 Å². The summed E-state index contributed by atoms with van der Waals surface area (Å²) in [5, 5.41) is 0. The van der Waals surface area contributed by atoms with E-state index in [1.165, 1.54) is 6.07 Å². The lowest BCUT2D eigenvalue weighted by atomic mass is 9.86. The average molecular weight is 369 g/mol. The molecule has 1 heterocycles. The number of carbonyl (C=O) groups excluding carboxylic acids is 2. The van der Waals surface area contributed by atoms with E-state index in [0.29, 0.717) is 24.9 Å². The van der Waals surface area contributed by atoms with Crippen molar-refractivity contribution in [3.8, 4) is 0 Å². The fourth-order valence-electron chi connectivity index (χ4n) is 3.51. The fourth-order valence-corrected chi connectivity index (χ4v) is 3.51. The van der Waals surface area contributed by atoms with Crippen LogP contribution in [0.5, 0.6) is 0 Å². The van der Waals surface area contributed by atoms with Crippen LogP contribution >= 0.6 is 0 Å². The minimum absolute atomic E-state index is 0.0317. The standard InChI is InChI=1S/C22H24FNO3/c1-16-13-19(21(25)14-18-9-5-6-10-20(18)23)11-12-24(16)22(26)27-15-17-7-3-2-4-8-17/h2-10,16,19H,11-15H2,1H3/t16?,19-/m1/s1. The van der Waals surface area contributed by atoms with E-state index in [2.05, 4.69) is 0 Å². The summed E-state index contributed by atoms with van der Waals surface area (Å²) in [6.07, 6.45) is 0.903. The number of Topliss-reactive ketones (excluding diaryl/α,β-unsaturated/α-hetero) is 1. The van der Waals surface area contributed by atoms with Crippen molar-refractivity contribution in [2.75, 3.05) is 6.54 Å². The van der Waals surface area contributed by atoms with Crippen molar-refractivity contribution in [3.05, 3.63) is 71.5 Å². The van der Waals surface area contributed by atoms with E-state index in [9.17, 15) is 14.0 Å². The van der Waals surface area contributed by atoms with Gasteiger partial charge in [-0.25, -0.2) is 9.18 Å². The van der Waals surface area contributed by atoms with E-state index in [-0.39, 0.29) is 42.7 Å². The van der Waals surface area contributed by atoms with Crippen LogP contribution in [0, 0.1) is 11.7 Å². The van der Waals surface area contributed by atoms with Gasteiger partial charge in [-0.3, -0.25) is 4.79 Å². The van der Waals surface area contributed by atoms with Crippen molar-refractivity contribution in [2.45, 2.75) is 38.8 Å². The SMILES string of the molecule is CC1C[C@H](C(=O)Cc2ccccc2F)CCN1C(=O)OCc1ccccc1. The predicted octanol–water partition coefficient (Wildman–Crippen LogP) is 4.37. The Balaban J connectivity index is 1.51. The maximum atomic E-state index is 13.8. The van der Waals surface area contributed by atoms with E-state index in [1.807, 2.05) is 37.3 Å². The van der Waals surface area contributed by atoms with Crippen LogP contribution < -0.4 is 0 Å². The summed E-state index contributed by atoms with van der Waals surface area (Å²) in [7, 11) is 0. The zero-order valence-electron chi connectivity index (χ0n) is 15.4. The molecule has 1 aliphatic heterocycles. The molecule has 3 rings (SSSR count). The molecule has 2 atom stereocenters. The van der Waals surface area contributed by atoms with Crippen molar-refractivity contribution in [1.82, 2.24) is 4.90 Å². The second-order valence-electron chi connectivity index (χ2n) is 7.04. The average Bonchev–Trinajstić information content (AvgIpc) is 2.68. The fraction of sp³-hybridized carbons (Fsp3) is 0.364. The van der Waals surface area contributed by atoms with Crippen LogP contribution in [0.3, 0.4) is 0 Å². The van der Waals surface area contributed by atoms with Crippen LogP contribution in [-0.4, -0.2) is 29.4 Å². The molecule has 27 heavy (non-hydrogen) atoms. The number of piperidine rings is 1. The van der Waals surface area contributed by atoms with Crippen molar-refractivity contribution < 1.29 is 18.7 Å². The summed E-state index contributed by atoms with van der Waals surface area (Å²) >= 11 is 0. The highest BCUT2D eigenvalue weighted by atomic mass is 19.1. The molecule has 0 aromatic heterocycles. The number of hydrogen-bond acceptors (Lipinski definition) is 3. The van der Waals surface area contributed by atoms with Crippen molar-refractivity contribution in [3.63, 3.8) is 0 Å². The monoisotopic (exact) mass is 369 g/mol. The summed E-state index contributed by atoms with van der Waals surface area (Å²) in [4.78, 5) is 26.6. The number of ketones is 1. The molecule has 0 saturated carbocycles. The number of halogens is 1. The quantitative estimate of drug-likeness (QED) is 0.786. The minimum atomic E-state index is -0.355. The second kappa shape index (κ2) is 8.80. The molecule has 1 unspecified atom stereocenters. The molecule has 2 aromatic carbocycles. The van der Waals surface area contributed by atoms with Crippen LogP contribution in [0.25, 0.3) is 0 Å². The Morgan fingerprint density at radius 2 is 1.81 bits per heavy atom. The molecule has 0 aliphatic carbocycles. The summed E-state index contributed by atoms with van der Waals surface area (Å²) < 4.78 is 19.2. The molecule has 5 heteroatoms. The van der Waals surface area contributed by atoms with Gasteiger partial charge in [0.2, 0.25) is 0 Å². The largest absolute Gasteiger partial charge is 0.445 e. The summed E-state index contributed by atoms with van der Waals surface area (Å²) in [5.41, 5.74) is 1.37. The number of carbonyl (C=O) groups is 2. The van der Waals surface area contributed by atoms with Gasteiger partial charge in [0.05, 0.1) is 0 Å². The summed E-state index contributed by atoms with van der Waals surface area (Å²) in [5.74, 6) is -0.470. The second-order valence-corrected chi connectivity index (χ2v) is 7.04. The zero-order chi connectivity index (χ0) is 19.2. The first-order valence-electron chi connectivity index (χ1n) is 9.28. The molecule has 0 N–H and O–H groups in total. The molecular formula is C22H24FNO3. The Bertz CT molecular complexity index is 793. The van der Waals surface area contributed by atoms with E-state index in [4.69, 9.17) is 4.74 Å². The number of likely N-dealkylation sites (tertiary alicyclic amines) is 1. The molecule has 1 fully saturated rings. The molecule has 0 radical (unpaired) electrons. The Morgan fingerprint density at radius 3 is 2.52 bits per heavy atom. The maximum absolute atomic E-state index is 13.8. The molecule has 2 aromatic rings. The van der Waals surface area contributed by atoms with Crippen LogP contribution in [-0.2, 0) is 22.6 Å².